The molecule has 0 unspecified atom stereocenters. The van der Waals surface area contributed by atoms with E-state index in [1.54, 1.807) is 31.4 Å². The Morgan fingerprint density at radius 3 is 1.75 bits per heavy atom. The van der Waals surface area contributed by atoms with Gasteiger partial charge in [0.2, 0.25) is 0 Å². The quantitative estimate of drug-likeness (QED) is 0.367. The summed E-state index contributed by atoms with van der Waals surface area (Å²) in [6.45, 7) is 0. The molecular weight excluding hydrogens is 517 g/mol. The maximum atomic E-state index is 13.0. The van der Waals surface area contributed by atoms with E-state index in [1.165, 1.54) is 3.27 Å². The Balaban J connectivity index is 2.01. The molecule has 3 aromatic rings. The zero-order valence-electron chi connectivity index (χ0n) is 13.0. The van der Waals surface area contributed by atoms with Crippen LogP contribution in [0, 0.1) is 0 Å². The summed E-state index contributed by atoms with van der Waals surface area (Å²) in [5, 5.41) is 0. The van der Waals surface area contributed by atoms with E-state index in [1.807, 2.05) is 36.4 Å². The van der Waals surface area contributed by atoms with Gasteiger partial charge in [0.15, 0.2) is 0 Å². The molecule has 0 amide bonds. The number of methoxy groups -OCH3 is 1. The van der Waals surface area contributed by atoms with E-state index in [2.05, 4.69) is 12.1 Å². The molecule has 3 aromatic carbocycles. The van der Waals surface area contributed by atoms with Crippen LogP contribution in [0.1, 0.15) is 0 Å². The van der Waals surface area contributed by atoms with Gasteiger partial charge in [-0.15, -0.1) is 0 Å². The van der Waals surface area contributed by atoms with Crippen molar-refractivity contribution in [2.45, 2.75) is 9.79 Å². The van der Waals surface area contributed by atoms with Crippen molar-refractivity contribution in [2.75, 3.05) is 7.11 Å². The average molecular weight is 532 g/mol. The Bertz CT molecular complexity index is 957. The van der Waals surface area contributed by atoms with E-state index >= 15 is 0 Å². The molecule has 4 rings (SSSR count). The van der Waals surface area contributed by atoms with Crippen molar-refractivity contribution in [1.82, 2.24) is 0 Å². The minimum atomic E-state index is -3.43. The standard InChI is InChI=1S/C12H8O2S.C7H7O.Bi/c13-15(14,11-7-3-1-4-8-11)12-9-5-2-6-10-12;1-8-7-5-3-2-4-6-7;/h1-7,9H;3-6H,1H3;. The van der Waals surface area contributed by atoms with Crippen LogP contribution in [0.4, 0.5) is 0 Å². The van der Waals surface area contributed by atoms with Crippen LogP contribution in [0.3, 0.4) is 0 Å². The van der Waals surface area contributed by atoms with Crippen LogP contribution in [0.5, 0.6) is 5.75 Å². The molecule has 5 heteroatoms. The third kappa shape index (κ3) is 2.38. The molecule has 0 atom stereocenters. The number of benzene rings is 3. The van der Waals surface area contributed by atoms with Crippen molar-refractivity contribution in [3.05, 3.63) is 72.8 Å². The molecular formula is C19H15BiO3S. The summed E-state index contributed by atoms with van der Waals surface area (Å²) in [5.41, 5.74) is 0. The maximum absolute atomic E-state index is 13.0. The van der Waals surface area contributed by atoms with Crippen molar-refractivity contribution < 1.29 is 13.2 Å². The Morgan fingerprint density at radius 2 is 1.25 bits per heavy atom. The van der Waals surface area contributed by atoms with Gasteiger partial charge in [-0.05, 0) is 0 Å². The SMILES string of the molecule is COc1cc[c]([Bi]2[c]3ccccc3S(=O)(=O)c3cccc[c]32)cc1. The van der Waals surface area contributed by atoms with E-state index in [0.29, 0.717) is 9.79 Å². The number of ether oxygens (including phenoxy) is 1. The third-order valence-corrected chi connectivity index (χ3v) is 17.2. The van der Waals surface area contributed by atoms with E-state index in [-0.39, 0.29) is 0 Å². The number of sulfone groups is 1. The second kappa shape index (κ2) is 5.98. The number of fused-ring (bicyclic) bond motifs is 2. The minimum absolute atomic E-state index is 0.484. The number of hydrogen-bond acceptors (Lipinski definition) is 3. The van der Waals surface area contributed by atoms with Crippen LogP contribution < -0.4 is 14.6 Å². The second-order valence-corrected chi connectivity index (χ2v) is 15.7. The van der Waals surface area contributed by atoms with Gasteiger partial charge in [-0.1, -0.05) is 0 Å². The molecule has 0 saturated carbocycles. The summed E-state index contributed by atoms with van der Waals surface area (Å²) in [6, 6.07) is 23.0. The number of rotatable bonds is 2. The summed E-state index contributed by atoms with van der Waals surface area (Å²) in [6.07, 6.45) is 0. The zero-order chi connectivity index (χ0) is 16.7. The van der Waals surface area contributed by atoms with Crippen LogP contribution in [0.2, 0.25) is 0 Å². The third-order valence-electron chi connectivity index (χ3n) is 4.12. The average Bonchev–Trinajstić information content (AvgIpc) is 2.63. The zero-order valence-corrected chi connectivity index (χ0v) is 17.3. The molecule has 1 aliphatic heterocycles. The molecule has 0 saturated heterocycles. The van der Waals surface area contributed by atoms with Crippen LogP contribution >= 0.6 is 0 Å². The first kappa shape index (κ1) is 15.8. The summed E-state index contributed by atoms with van der Waals surface area (Å²) in [7, 11) is -1.78. The first-order valence-electron chi connectivity index (χ1n) is 7.50. The van der Waals surface area contributed by atoms with E-state index < -0.39 is 31.6 Å². The van der Waals surface area contributed by atoms with Gasteiger partial charge >= 0.3 is 150 Å². The fraction of sp³-hybridized carbons (Fsp3) is 0.0526. The predicted molar refractivity (Wildman–Crippen MR) is 96.0 cm³/mol. The molecule has 0 aliphatic carbocycles. The summed E-state index contributed by atoms with van der Waals surface area (Å²) < 4.78 is 34.5. The van der Waals surface area contributed by atoms with Crippen molar-refractivity contribution in [3.63, 3.8) is 0 Å². The van der Waals surface area contributed by atoms with Crippen molar-refractivity contribution in [1.29, 1.82) is 0 Å². The normalized spacial score (nSPS) is 15.4. The van der Waals surface area contributed by atoms with Crippen LogP contribution in [-0.2, 0) is 9.84 Å². The molecule has 1 aliphatic rings. The summed E-state index contributed by atoms with van der Waals surface area (Å²) >= 11 is -2.63. The van der Waals surface area contributed by atoms with E-state index in [4.69, 9.17) is 4.74 Å². The van der Waals surface area contributed by atoms with Gasteiger partial charge in [-0.25, -0.2) is 0 Å². The van der Waals surface area contributed by atoms with Gasteiger partial charge < -0.3 is 0 Å². The topological polar surface area (TPSA) is 43.4 Å². The fourth-order valence-corrected chi connectivity index (χ4v) is 17.9. The molecule has 1 heterocycles. The van der Waals surface area contributed by atoms with Gasteiger partial charge in [0.05, 0.1) is 0 Å². The van der Waals surface area contributed by atoms with Crippen LogP contribution in [0.25, 0.3) is 0 Å². The molecule has 0 aromatic heterocycles. The molecule has 120 valence electrons. The van der Waals surface area contributed by atoms with Gasteiger partial charge in [0.1, 0.15) is 0 Å². The van der Waals surface area contributed by atoms with Crippen molar-refractivity contribution in [3.8, 4) is 5.75 Å². The Kier molecular flexibility index (Phi) is 3.94. The fourth-order valence-electron chi connectivity index (χ4n) is 3.00. The monoisotopic (exact) mass is 532 g/mol. The first-order chi connectivity index (χ1) is 11.6. The van der Waals surface area contributed by atoms with Gasteiger partial charge in [0.25, 0.3) is 0 Å². The second-order valence-electron chi connectivity index (χ2n) is 5.47. The Hall–Kier alpha value is -1.71. The van der Waals surface area contributed by atoms with Crippen LogP contribution in [-0.4, -0.2) is 37.3 Å². The molecule has 0 fully saturated rings. The molecule has 0 bridgehead atoms. The molecule has 3 nitrogen and oxygen atoms in total. The number of hydrogen-bond donors (Lipinski definition) is 0. The van der Waals surface area contributed by atoms with E-state index in [9.17, 15) is 8.42 Å². The predicted octanol–water partition coefficient (Wildman–Crippen LogP) is 1.36. The van der Waals surface area contributed by atoms with Gasteiger partial charge in [-0.2, -0.15) is 0 Å². The summed E-state index contributed by atoms with van der Waals surface area (Å²) in [4.78, 5) is 0.967. The van der Waals surface area contributed by atoms with Gasteiger partial charge in [0, 0.05) is 0 Å². The molecule has 24 heavy (non-hydrogen) atoms. The molecule has 0 N–H and O–H groups in total. The molecule has 0 spiro atoms. The Morgan fingerprint density at radius 1 is 0.750 bits per heavy atom. The van der Waals surface area contributed by atoms with E-state index in [0.717, 1.165) is 12.3 Å². The van der Waals surface area contributed by atoms with Crippen molar-refractivity contribution in [2.24, 2.45) is 0 Å². The Labute approximate surface area is 149 Å². The van der Waals surface area contributed by atoms with Gasteiger partial charge in [-0.3, -0.25) is 0 Å². The summed E-state index contributed by atoms with van der Waals surface area (Å²) in [5.74, 6) is 0.814. The molecule has 0 radical (unpaired) electrons. The van der Waals surface area contributed by atoms with Crippen LogP contribution in [0.15, 0.2) is 82.6 Å². The van der Waals surface area contributed by atoms with Crippen molar-refractivity contribution >= 4 is 41.4 Å². The first-order valence-corrected chi connectivity index (χ1v) is 14.2.